The molecule has 0 saturated heterocycles. The number of rotatable bonds is 6. The number of thioether (sulfide) groups is 1. The van der Waals surface area contributed by atoms with Gasteiger partial charge in [-0.15, -0.1) is 10.2 Å². The number of carbonyl (C=O) groups excluding carboxylic acids is 3. The van der Waals surface area contributed by atoms with Gasteiger partial charge in [-0.05, 0) is 31.0 Å². The molecule has 1 aromatic heterocycles. The van der Waals surface area contributed by atoms with Crippen LogP contribution in [0.4, 0.5) is 5.69 Å². The molecule has 0 saturated carbocycles. The molecule has 1 aromatic carbocycles. The highest BCUT2D eigenvalue weighted by Gasteiger charge is 2.17. The monoisotopic (exact) mass is 388 g/mol. The molecule has 1 aliphatic heterocycles. The summed E-state index contributed by atoms with van der Waals surface area (Å²) in [4.78, 5) is 35.1. The maximum Gasteiger partial charge on any atom is 0.248 e. The number of aromatic nitrogens is 3. The fourth-order valence-electron chi connectivity index (χ4n) is 2.88. The number of primary amides is 2. The van der Waals surface area contributed by atoms with Gasteiger partial charge >= 0.3 is 0 Å². The first-order chi connectivity index (χ1) is 12.9. The summed E-state index contributed by atoms with van der Waals surface area (Å²) >= 11 is 1.29. The SMILES string of the molecule is NC(=O)c1cc(NC(=O)CSc2nnc3n2CCCCC3)cc(C(N)=O)c1. The molecule has 5 N–H and O–H groups in total. The maximum atomic E-state index is 12.3. The van der Waals surface area contributed by atoms with Crippen molar-refractivity contribution in [2.24, 2.45) is 11.5 Å². The lowest BCUT2D eigenvalue weighted by Crippen LogP contribution is -2.19. The van der Waals surface area contributed by atoms with Crippen molar-refractivity contribution in [2.45, 2.75) is 37.4 Å². The number of hydrogen-bond acceptors (Lipinski definition) is 6. The van der Waals surface area contributed by atoms with E-state index in [1.54, 1.807) is 0 Å². The third-order valence-electron chi connectivity index (χ3n) is 4.19. The number of hydrogen-bond donors (Lipinski definition) is 3. The number of nitrogens with one attached hydrogen (secondary N) is 1. The summed E-state index contributed by atoms with van der Waals surface area (Å²) < 4.78 is 2.06. The minimum Gasteiger partial charge on any atom is -0.366 e. The number of nitrogens with zero attached hydrogens (tertiary/aromatic N) is 3. The normalized spacial score (nSPS) is 13.5. The Bertz CT molecular complexity index is 863. The summed E-state index contributed by atoms with van der Waals surface area (Å²) in [5.74, 6) is -0.660. The van der Waals surface area contributed by atoms with Crippen molar-refractivity contribution in [1.82, 2.24) is 14.8 Å². The minimum atomic E-state index is -0.714. The lowest BCUT2D eigenvalue weighted by Gasteiger charge is -2.09. The summed E-state index contributed by atoms with van der Waals surface area (Å²) in [6.07, 6.45) is 4.23. The number of fused-ring (bicyclic) bond motifs is 1. The number of anilines is 1. The molecule has 0 radical (unpaired) electrons. The fourth-order valence-corrected chi connectivity index (χ4v) is 3.66. The molecule has 27 heavy (non-hydrogen) atoms. The van der Waals surface area contributed by atoms with Crippen molar-refractivity contribution < 1.29 is 14.4 Å². The summed E-state index contributed by atoms with van der Waals surface area (Å²) in [6.45, 7) is 0.856. The molecule has 0 atom stereocenters. The van der Waals surface area contributed by atoms with Gasteiger partial charge in [-0.3, -0.25) is 14.4 Å². The predicted octanol–water partition coefficient (Wildman–Crippen LogP) is 0.933. The zero-order valence-electron chi connectivity index (χ0n) is 14.6. The Morgan fingerprint density at radius 2 is 1.74 bits per heavy atom. The molecule has 142 valence electrons. The third-order valence-corrected chi connectivity index (χ3v) is 5.16. The van der Waals surface area contributed by atoms with E-state index in [1.807, 2.05) is 0 Å². The molecule has 10 heteroatoms. The van der Waals surface area contributed by atoms with E-state index in [1.165, 1.54) is 30.0 Å². The molecule has 0 spiro atoms. The molecule has 2 heterocycles. The van der Waals surface area contributed by atoms with Gasteiger partial charge in [0, 0.05) is 29.8 Å². The largest absolute Gasteiger partial charge is 0.366 e. The van der Waals surface area contributed by atoms with E-state index in [0.29, 0.717) is 5.16 Å². The molecule has 0 aliphatic carbocycles. The van der Waals surface area contributed by atoms with Crippen LogP contribution in [0, 0.1) is 0 Å². The Hall–Kier alpha value is -2.88. The highest BCUT2D eigenvalue weighted by atomic mass is 32.2. The second kappa shape index (κ2) is 8.21. The second-order valence-electron chi connectivity index (χ2n) is 6.23. The van der Waals surface area contributed by atoms with Crippen molar-refractivity contribution in [2.75, 3.05) is 11.1 Å². The van der Waals surface area contributed by atoms with Gasteiger partial charge in [0.15, 0.2) is 5.16 Å². The highest BCUT2D eigenvalue weighted by molar-refractivity contribution is 7.99. The van der Waals surface area contributed by atoms with Gasteiger partial charge in [0.2, 0.25) is 17.7 Å². The van der Waals surface area contributed by atoms with Crippen molar-refractivity contribution in [3.8, 4) is 0 Å². The Morgan fingerprint density at radius 1 is 1.04 bits per heavy atom. The Labute approximate surface area is 159 Å². The number of aryl methyl sites for hydroxylation is 1. The quantitative estimate of drug-likeness (QED) is 0.628. The molecule has 0 fully saturated rings. The summed E-state index contributed by atoms with van der Waals surface area (Å²) in [7, 11) is 0. The van der Waals surface area contributed by atoms with Crippen molar-refractivity contribution >= 4 is 35.2 Å². The van der Waals surface area contributed by atoms with Gasteiger partial charge in [0.05, 0.1) is 5.75 Å². The van der Waals surface area contributed by atoms with E-state index in [-0.39, 0.29) is 28.5 Å². The third kappa shape index (κ3) is 4.64. The lowest BCUT2D eigenvalue weighted by atomic mass is 10.1. The molecule has 3 amide bonds. The summed E-state index contributed by atoms with van der Waals surface area (Å²) in [5, 5.41) is 11.7. The van der Waals surface area contributed by atoms with Crippen molar-refractivity contribution in [3.63, 3.8) is 0 Å². The Kier molecular flexibility index (Phi) is 5.75. The topological polar surface area (TPSA) is 146 Å². The van der Waals surface area contributed by atoms with Crippen LogP contribution in [-0.2, 0) is 17.8 Å². The summed E-state index contributed by atoms with van der Waals surface area (Å²) in [6, 6.07) is 4.10. The van der Waals surface area contributed by atoms with Crippen LogP contribution >= 0.6 is 11.8 Å². The zero-order valence-corrected chi connectivity index (χ0v) is 15.4. The molecular weight excluding hydrogens is 368 g/mol. The Morgan fingerprint density at radius 3 is 2.41 bits per heavy atom. The molecule has 2 aromatic rings. The van der Waals surface area contributed by atoms with Gasteiger partial charge in [0.25, 0.3) is 0 Å². The molecule has 0 unspecified atom stereocenters. The van der Waals surface area contributed by atoms with Crippen molar-refractivity contribution in [3.05, 3.63) is 35.2 Å². The average Bonchev–Trinajstić information content (AvgIpc) is 2.85. The van der Waals surface area contributed by atoms with Crippen LogP contribution in [0.1, 0.15) is 45.8 Å². The van der Waals surface area contributed by atoms with Gasteiger partial charge < -0.3 is 21.4 Å². The lowest BCUT2D eigenvalue weighted by molar-refractivity contribution is -0.113. The van der Waals surface area contributed by atoms with Crippen LogP contribution in [0.15, 0.2) is 23.4 Å². The number of benzene rings is 1. The van der Waals surface area contributed by atoms with E-state index in [4.69, 9.17) is 11.5 Å². The Balaban J connectivity index is 1.67. The first-order valence-electron chi connectivity index (χ1n) is 8.53. The van der Waals surface area contributed by atoms with Gasteiger partial charge in [-0.2, -0.15) is 0 Å². The van der Waals surface area contributed by atoms with E-state index in [0.717, 1.165) is 38.1 Å². The fraction of sp³-hybridized carbons (Fsp3) is 0.353. The molecule has 0 bridgehead atoms. The van der Waals surface area contributed by atoms with Crippen LogP contribution in [-0.4, -0.2) is 38.2 Å². The van der Waals surface area contributed by atoms with E-state index in [2.05, 4.69) is 20.1 Å². The number of amides is 3. The highest BCUT2D eigenvalue weighted by Crippen LogP contribution is 2.22. The van der Waals surface area contributed by atoms with Gasteiger partial charge in [0.1, 0.15) is 5.82 Å². The zero-order chi connectivity index (χ0) is 19.4. The van der Waals surface area contributed by atoms with Gasteiger partial charge in [-0.1, -0.05) is 18.2 Å². The maximum absolute atomic E-state index is 12.3. The van der Waals surface area contributed by atoms with E-state index < -0.39 is 11.8 Å². The van der Waals surface area contributed by atoms with Crippen LogP contribution < -0.4 is 16.8 Å². The van der Waals surface area contributed by atoms with Crippen LogP contribution in [0.25, 0.3) is 0 Å². The van der Waals surface area contributed by atoms with Crippen LogP contribution in [0.3, 0.4) is 0 Å². The molecule has 3 rings (SSSR count). The van der Waals surface area contributed by atoms with E-state index in [9.17, 15) is 14.4 Å². The minimum absolute atomic E-state index is 0.0945. The van der Waals surface area contributed by atoms with Crippen molar-refractivity contribution in [1.29, 1.82) is 0 Å². The summed E-state index contributed by atoms with van der Waals surface area (Å²) in [5.41, 5.74) is 11.0. The first-order valence-corrected chi connectivity index (χ1v) is 9.52. The predicted molar refractivity (Wildman–Crippen MR) is 100 cm³/mol. The first kappa shape index (κ1) is 18.9. The average molecular weight is 388 g/mol. The van der Waals surface area contributed by atoms with Gasteiger partial charge in [-0.25, -0.2) is 0 Å². The molecule has 9 nitrogen and oxygen atoms in total. The smallest absolute Gasteiger partial charge is 0.248 e. The molecule has 1 aliphatic rings. The standard InChI is InChI=1S/C17H20N6O3S/c18-15(25)10-6-11(16(19)26)8-12(7-10)20-14(24)9-27-17-22-21-13-4-2-1-3-5-23(13)17/h6-8H,1-5,9H2,(H2,18,25)(H2,19,26)(H,20,24). The van der Waals surface area contributed by atoms with Crippen LogP contribution in [0.2, 0.25) is 0 Å². The van der Waals surface area contributed by atoms with Crippen LogP contribution in [0.5, 0.6) is 0 Å². The molecular formula is C17H20N6O3S. The number of carbonyl (C=O) groups is 3. The number of nitrogens with two attached hydrogens (primary N) is 2. The van der Waals surface area contributed by atoms with E-state index >= 15 is 0 Å². The second-order valence-corrected chi connectivity index (χ2v) is 7.17.